The zero-order valence-electron chi connectivity index (χ0n) is 8.40. The van der Waals surface area contributed by atoms with Crippen LogP contribution in [-0.2, 0) is 0 Å². The van der Waals surface area contributed by atoms with Gasteiger partial charge in [0.05, 0.1) is 11.3 Å². The summed E-state index contributed by atoms with van der Waals surface area (Å²) in [6, 6.07) is 4.99. The van der Waals surface area contributed by atoms with Crippen molar-refractivity contribution in [1.29, 1.82) is 0 Å². The Kier molecular flexibility index (Phi) is 3.00. The van der Waals surface area contributed by atoms with E-state index in [1.807, 2.05) is 0 Å². The van der Waals surface area contributed by atoms with E-state index in [1.54, 1.807) is 31.3 Å². The summed E-state index contributed by atoms with van der Waals surface area (Å²) in [6.45, 7) is 1.78. The number of pyridine rings is 1. The predicted molar refractivity (Wildman–Crippen MR) is 61.1 cm³/mol. The number of amides is 1. The lowest BCUT2D eigenvalue weighted by atomic mass is 10.3. The van der Waals surface area contributed by atoms with Crippen molar-refractivity contribution in [2.24, 2.45) is 0 Å². The van der Waals surface area contributed by atoms with Crippen molar-refractivity contribution in [3.63, 3.8) is 0 Å². The van der Waals surface area contributed by atoms with Crippen molar-refractivity contribution in [2.75, 3.05) is 5.32 Å². The lowest BCUT2D eigenvalue weighted by Gasteiger charge is -2.01. The molecule has 0 spiro atoms. The highest BCUT2D eigenvalue weighted by atomic mass is 79.9. The molecule has 0 aliphatic carbocycles. The number of nitrogens with one attached hydrogen (secondary N) is 1. The van der Waals surface area contributed by atoms with Gasteiger partial charge in [-0.1, -0.05) is 5.16 Å². The van der Waals surface area contributed by atoms with Crippen molar-refractivity contribution in [1.82, 2.24) is 10.1 Å². The summed E-state index contributed by atoms with van der Waals surface area (Å²) >= 11 is 3.20. The van der Waals surface area contributed by atoms with E-state index in [9.17, 15) is 4.79 Å². The maximum absolute atomic E-state index is 11.8. The normalized spacial score (nSPS) is 10.1. The van der Waals surface area contributed by atoms with E-state index in [0.29, 0.717) is 21.7 Å². The Morgan fingerprint density at radius 3 is 3.00 bits per heavy atom. The zero-order chi connectivity index (χ0) is 11.5. The van der Waals surface area contributed by atoms with Gasteiger partial charge >= 0.3 is 0 Å². The molecular weight excluding hydrogens is 274 g/mol. The van der Waals surface area contributed by atoms with Crippen LogP contribution in [0.1, 0.15) is 16.1 Å². The van der Waals surface area contributed by atoms with Gasteiger partial charge in [0.15, 0.2) is 0 Å². The van der Waals surface area contributed by atoms with Crippen molar-refractivity contribution in [3.05, 3.63) is 40.3 Å². The van der Waals surface area contributed by atoms with E-state index in [2.05, 4.69) is 31.4 Å². The standard InChI is InChI=1S/C10H8BrN3O2/c1-6-5-8(16-14-6)13-10(15)7-3-2-4-12-9(7)11/h2-5H,1H3,(H,13,15). The third-order valence-electron chi connectivity index (χ3n) is 1.87. The highest BCUT2D eigenvalue weighted by Gasteiger charge is 2.12. The first kappa shape index (κ1) is 10.8. The summed E-state index contributed by atoms with van der Waals surface area (Å²) in [7, 11) is 0. The summed E-state index contributed by atoms with van der Waals surface area (Å²) < 4.78 is 5.37. The Morgan fingerprint density at radius 1 is 1.56 bits per heavy atom. The predicted octanol–water partition coefficient (Wildman–Crippen LogP) is 2.39. The number of carbonyl (C=O) groups is 1. The molecule has 16 heavy (non-hydrogen) atoms. The molecule has 0 atom stereocenters. The monoisotopic (exact) mass is 281 g/mol. The van der Waals surface area contributed by atoms with Crippen LogP contribution in [0.2, 0.25) is 0 Å². The van der Waals surface area contributed by atoms with E-state index in [1.165, 1.54) is 0 Å². The first-order valence-electron chi connectivity index (χ1n) is 4.52. The highest BCUT2D eigenvalue weighted by molar-refractivity contribution is 9.10. The van der Waals surface area contributed by atoms with Gasteiger partial charge in [0.2, 0.25) is 5.88 Å². The second-order valence-electron chi connectivity index (χ2n) is 3.13. The molecule has 1 amide bonds. The van der Waals surface area contributed by atoms with Crippen LogP contribution in [0.25, 0.3) is 0 Å². The molecule has 0 unspecified atom stereocenters. The van der Waals surface area contributed by atoms with Crippen LogP contribution in [0.3, 0.4) is 0 Å². The largest absolute Gasteiger partial charge is 0.338 e. The highest BCUT2D eigenvalue weighted by Crippen LogP contribution is 2.15. The first-order valence-corrected chi connectivity index (χ1v) is 5.31. The summed E-state index contributed by atoms with van der Waals surface area (Å²) in [5, 5.41) is 6.25. The van der Waals surface area contributed by atoms with Crippen molar-refractivity contribution >= 4 is 27.7 Å². The minimum absolute atomic E-state index is 0.295. The van der Waals surface area contributed by atoms with Gasteiger partial charge in [-0.05, 0) is 35.0 Å². The van der Waals surface area contributed by atoms with Gasteiger partial charge in [-0.15, -0.1) is 0 Å². The van der Waals surface area contributed by atoms with Crippen LogP contribution in [0.5, 0.6) is 0 Å². The summed E-state index contributed by atoms with van der Waals surface area (Å²) in [5.74, 6) is 0.0226. The Morgan fingerprint density at radius 2 is 2.38 bits per heavy atom. The number of anilines is 1. The van der Waals surface area contributed by atoms with Gasteiger partial charge in [0.1, 0.15) is 4.60 Å². The number of aromatic nitrogens is 2. The molecule has 2 aromatic heterocycles. The van der Waals surface area contributed by atoms with Crippen molar-refractivity contribution in [3.8, 4) is 0 Å². The average Bonchev–Trinajstić information content (AvgIpc) is 2.64. The van der Waals surface area contributed by atoms with E-state index < -0.39 is 0 Å². The molecular formula is C10H8BrN3O2. The van der Waals surface area contributed by atoms with E-state index in [4.69, 9.17) is 4.52 Å². The molecule has 2 aromatic rings. The molecule has 0 fully saturated rings. The number of hydrogen-bond donors (Lipinski definition) is 1. The lowest BCUT2D eigenvalue weighted by Crippen LogP contribution is -2.12. The molecule has 5 nitrogen and oxygen atoms in total. The third-order valence-corrected chi connectivity index (χ3v) is 2.50. The second-order valence-corrected chi connectivity index (χ2v) is 3.88. The Balaban J connectivity index is 2.18. The fourth-order valence-corrected chi connectivity index (χ4v) is 1.59. The summed E-state index contributed by atoms with van der Waals surface area (Å²) in [5.41, 5.74) is 1.15. The molecule has 6 heteroatoms. The Hall–Kier alpha value is -1.69. The molecule has 0 bridgehead atoms. The number of carbonyl (C=O) groups excluding carboxylic acids is 1. The fourth-order valence-electron chi connectivity index (χ4n) is 1.16. The number of hydrogen-bond acceptors (Lipinski definition) is 4. The van der Waals surface area contributed by atoms with Gasteiger partial charge in [-0.3, -0.25) is 10.1 Å². The van der Waals surface area contributed by atoms with Crippen LogP contribution in [0.15, 0.2) is 33.5 Å². The average molecular weight is 282 g/mol. The lowest BCUT2D eigenvalue weighted by molar-refractivity contribution is 0.102. The molecule has 0 saturated carbocycles. The van der Waals surface area contributed by atoms with E-state index in [-0.39, 0.29) is 5.91 Å². The van der Waals surface area contributed by atoms with Gasteiger partial charge in [-0.2, -0.15) is 0 Å². The number of rotatable bonds is 2. The van der Waals surface area contributed by atoms with E-state index >= 15 is 0 Å². The molecule has 0 aliphatic heterocycles. The van der Waals surface area contributed by atoms with Gasteiger partial charge in [0.25, 0.3) is 5.91 Å². The maximum atomic E-state index is 11.8. The van der Waals surface area contributed by atoms with Crippen LogP contribution in [-0.4, -0.2) is 16.0 Å². The van der Waals surface area contributed by atoms with Crippen LogP contribution < -0.4 is 5.32 Å². The van der Waals surface area contributed by atoms with Crippen molar-refractivity contribution in [2.45, 2.75) is 6.92 Å². The minimum atomic E-state index is -0.295. The Bertz CT molecular complexity index is 524. The molecule has 82 valence electrons. The van der Waals surface area contributed by atoms with Gasteiger partial charge in [-0.25, -0.2) is 4.98 Å². The SMILES string of the molecule is Cc1cc(NC(=O)c2cccnc2Br)on1. The molecule has 2 rings (SSSR count). The smallest absolute Gasteiger partial charge is 0.260 e. The fraction of sp³-hybridized carbons (Fsp3) is 0.100. The topological polar surface area (TPSA) is 68.0 Å². The van der Waals surface area contributed by atoms with Gasteiger partial charge in [0, 0.05) is 12.3 Å². The summed E-state index contributed by atoms with van der Waals surface area (Å²) in [6.07, 6.45) is 1.60. The number of nitrogens with zero attached hydrogens (tertiary/aromatic N) is 2. The molecule has 1 N–H and O–H groups in total. The molecule has 0 aliphatic rings. The molecule has 0 aromatic carbocycles. The maximum Gasteiger partial charge on any atom is 0.260 e. The van der Waals surface area contributed by atoms with Crippen LogP contribution in [0, 0.1) is 6.92 Å². The zero-order valence-corrected chi connectivity index (χ0v) is 9.98. The third kappa shape index (κ3) is 2.27. The number of halogens is 1. The molecule has 2 heterocycles. The second kappa shape index (κ2) is 4.44. The molecule has 0 radical (unpaired) electrons. The minimum Gasteiger partial charge on any atom is -0.338 e. The quantitative estimate of drug-likeness (QED) is 0.859. The Labute approximate surface area is 100.0 Å². The van der Waals surface area contributed by atoms with Crippen LogP contribution >= 0.6 is 15.9 Å². The molecule has 0 saturated heterocycles. The summed E-state index contributed by atoms with van der Waals surface area (Å²) in [4.78, 5) is 15.7. The van der Waals surface area contributed by atoms with E-state index in [0.717, 1.165) is 0 Å². The van der Waals surface area contributed by atoms with Crippen LogP contribution in [0.4, 0.5) is 5.88 Å². The van der Waals surface area contributed by atoms with Gasteiger partial charge < -0.3 is 4.52 Å². The number of aryl methyl sites for hydroxylation is 1. The van der Waals surface area contributed by atoms with Crippen molar-refractivity contribution < 1.29 is 9.32 Å². The first-order chi connectivity index (χ1) is 7.66.